The molecule has 6 heteroatoms. The molecule has 1 amide bonds. The first-order valence-electron chi connectivity index (χ1n) is 7.01. The van der Waals surface area contributed by atoms with E-state index >= 15 is 0 Å². The number of ether oxygens (including phenoxy) is 1. The van der Waals surface area contributed by atoms with Gasteiger partial charge in [-0.25, -0.2) is 4.98 Å². The second kappa shape index (κ2) is 6.17. The van der Waals surface area contributed by atoms with E-state index in [2.05, 4.69) is 27.5 Å². The van der Waals surface area contributed by atoms with Gasteiger partial charge in [0.05, 0.1) is 12.5 Å². The second-order valence-corrected chi connectivity index (χ2v) is 5.21. The molecule has 110 valence electrons. The maximum absolute atomic E-state index is 12.6. The van der Waals surface area contributed by atoms with Gasteiger partial charge in [0, 0.05) is 11.8 Å². The minimum atomic E-state index is -0.314. The van der Waals surface area contributed by atoms with Gasteiger partial charge in [0.1, 0.15) is 0 Å². The number of nitrogens with zero attached hydrogens (tertiary/aromatic N) is 2. The van der Waals surface area contributed by atoms with Crippen molar-refractivity contribution in [3.8, 4) is 5.88 Å². The third-order valence-corrected chi connectivity index (χ3v) is 3.98. The van der Waals surface area contributed by atoms with Crippen LogP contribution in [0.3, 0.4) is 0 Å². The summed E-state index contributed by atoms with van der Waals surface area (Å²) in [5, 5.41) is 6.14. The van der Waals surface area contributed by atoms with E-state index in [1.807, 2.05) is 6.92 Å². The van der Waals surface area contributed by atoms with Crippen LogP contribution in [-0.4, -0.2) is 36.1 Å². The van der Waals surface area contributed by atoms with Crippen molar-refractivity contribution in [3.05, 3.63) is 11.8 Å². The summed E-state index contributed by atoms with van der Waals surface area (Å²) >= 11 is 0. The van der Waals surface area contributed by atoms with E-state index in [0.29, 0.717) is 11.8 Å². The Balaban J connectivity index is 2.15. The molecule has 0 aromatic carbocycles. The molecule has 1 aliphatic heterocycles. The standard InChI is InChI=1S/C14H22N4O2/c1-4-14(5-7-15-8-6-14)12(19)18-13-16-10(2)9-11(17-13)20-3/h9,15H,4-8H2,1-3H3,(H,16,17,18,19). The fraction of sp³-hybridized carbons (Fsp3) is 0.643. The van der Waals surface area contributed by atoms with E-state index in [4.69, 9.17) is 4.74 Å². The van der Waals surface area contributed by atoms with Gasteiger partial charge in [0.15, 0.2) is 0 Å². The Morgan fingerprint density at radius 1 is 1.45 bits per heavy atom. The smallest absolute Gasteiger partial charge is 0.233 e. The van der Waals surface area contributed by atoms with E-state index < -0.39 is 0 Å². The number of methoxy groups -OCH3 is 1. The molecule has 1 saturated heterocycles. The van der Waals surface area contributed by atoms with Gasteiger partial charge in [0.2, 0.25) is 17.7 Å². The first kappa shape index (κ1) is 14.7. The summed E-state index contributed by atoms with van der Waals surface area (Å²) in [6, 6.07) is 1.73. The summed E-state index contributed by atoms with van der Waals surface area (Å²) in [4.78, 5) is 21.0. The van der Waals surface area contributed by atoms with Crippen molar-refractivity contribution < 1.29 is 9.53 Å². The van der Waals surface area contributed by atoms with Crippen molar-refractivity contribution in [1.82, 2.24) is 15.3 Å². The van der Waals surface area contributed by atoms with Crippen LogP contribution < -0.4 is 15.4 Å². The van der Waals surface area contributed by atoms with Gasteiger partial charge in [-0.3, -0.25) is 10.1 Å². The van der Waals surface area contributed by atoms with Gasteiger partial charge in [-0.1, -0.05) is 6.92 Å². The predicted octanol–water partition coefficient (Wildman–Crippen LogP) is 1.51. The Kier molecular flexibility index (Phi) is 4.54. The molecule has 1 fully saturated rings. The molecule has 0 spiro atoms. The molecule has 1 aliphatic rings. The van der Waals surface area contributed by atoms with Crippen LogP contribution in [0.2, 0.25) is 0 Å². The van der Waals surface area contributed by atoms with Crippen LogP contribution in [0.4, 0.5) is 5.95 Å². The lowest BCUT2D eigenvalue weighted by molar-refractivity contribution is -0.127. The number of aryl methyl sites for hydroxylation is 1. The minimum absolute atomic E-state index is 0.00848. The highest BCUT2D eigenvalue weighted by atomic mass is 16.5. The number of carbonyl (C=O) groups is 1. The van der Waals surface area contributed by atoms with Crippen molar-refractivity contribution in [1.29, 1.82) is 0 Å². The molecule has 0 aliphatic carbocycles. The molecule has 2 heterocycles. The van der Waals surface area contributed by atoms with E-state index in [0.717, 1.165) is 38.0 Å². The summed E-state index contributed by atoms with van der Waals surface area (Å²) in [6.07, 6.45) is 2.51. The molecule has 6 nitrogen and oxygen atoms in total. The van der Waals surface area contributed by atoms with E-state index in [-0.39, 0.29) is 11.3 Å². The molecule has 1 aromatic heterocycles. The van der Waals surface area contributed by atoms with Gasteiger partial charge < -0.3 is 10.1 Å². The molecule has 20 heavy (non-hydrogen) atoms. The van der Waals surface area contributed by atoms with Crippen molar-refractivity contribution >= 4 is 11.9 Å². The number of piperidine rings is 1. The maximum Gasteiger partial charge on any atom is 0.233 e. The quantitative estimate of drug-likeness (QED) is 0.873. The Morgan fingerprint density at radius 2 is 2.15 bits per heavy atom. The Hall–Kier alpha value is -1.69. The lowest BCUT2D eigenvalue weighted by Gasteiger charge is -2.35. The number of hydrogen-bond donors (Lipinski definition) is 2. The first-order chi connectivity index (χ1) is 9.59. The number of anilines is 1. The molecule has 0 radical (unpaired) electrons. The van der Waals surface area contributed by atoms with E-state index in [9.17, 15) is 4.79 Å². The summed E-state index contributed by atoms with van der Waals surface area (Å²) in [7, 11) is 1.55. The zero-order chi connectivity index (χ0) is 14.6. The van der Waals surface area contributed by atoms with Gasteiger partial charge in [-0.15, -0.1) is 0 Å². The van der Waals surface area contributed by atoms with E-state index in [1.54, 1.807) is 13.2 Å². The monoisotopic (exact) mass is 278 g/mol. The molecule has 2 rings (SSSR count). The lowest BCUT2D eigenvalue weighted by atomic mass is 9.76. The summed E-state index contributed by atoms with van der Waals surface area (Å²) in [6.45, 7) is 5.65. The van der Waals surface area contributed by atoms with Crippen molar-refractivity contribution in [2.75, 3.05) is 25.5 Å². The fourth-order valence-electron chi connectivity index (χ4n) is 2.58. The average Bonchev–Trinajstić information content (AvgIpc) is 2.47. The largest absolute Gasteiger partial charge is 0.481 e. The summed E-state index contributed by atoms with van der Waals surface area (Å²) in [5.41, 5.74) is 0.453. The van der Waals surface area contributed by atoms with Crippen LogP contribution in [-0.2, 0) is 4.79 Å². The van der Waals surface area contributed by atoms with Gasteiger partial charge in [-0.05, 0) is 39.3 Å². The second-order valence-electron chi connectivity index (χ2n) is 5.21. The Labute approximate surface area is 119 Å². The molecular formula is C14H22N4O2. The van der Waals surface area contributed by atoms with Crippen LogP contribution in [0.15, 0.2) is 6.07 Å². The van der Waals surface area contributed by atoms with Crippen LogP contribution in [0.1, 0.15) is 31.9 Å². The normalized spacial score (nSPS) is 17.6. The highest BCUT2D eigenvalue weighted by Gasteiger charge is 2.38. The predicted molar refractivity (Wildman–Crippen MR) is 76.8 cm³/mol. The molecule has 0 bridgehead atoms. The van der Waals surface area contributed by atoms with Gasteiger partial charge in [0.25, 0.3) is 0 Å². The highest BCUT2D eigenvalue weighted by molar-refractivity contribution is 5.94. The van der Waals surface area contributed by atoms with Crippen molar-refractivity contribution in [3.63, 3.8) is 0 Å². The maximum atomic E-state index is 12.6. The number of aromatic nitrogens is 2. The highest BCUT2D eigenvalue weighted by Crippen LogP contribution is 2.33. The van der Waals surface area contributed by atoms with Crippen LogP contribution in [0.25, 0.3) is 0 Å². The number of nitrogens with one attached hydrogen (secondary N) is 2. The topological polar surface area (TPSA) is 76.1 Å². The van der Waals surface area contributed by atoms with Gasteiger partial charge >= 0.3 is 0 Å². The minimum Gasteiger partial charge on any atom is -0.481 e. The average molecular weight is 278 g/mol. The van der Waals surface area contributed by atoms with Crippen molar-refractivity contribution in [2.24, 2.45) is 5.41 Å². The van der Waals surface area contributed by atoms with Crippen LogP contribution in [0.5, 0.6) is 5.88 Å². The SMILES string of the molecule is CCC1(C(=O)Nc2nc(C)cc(OC)n2)CCNCC1. The zero-order valence-corrected chi connectivity index (χ0v) is 12.3. The first-order valence-corrected chi connectivity index (χ1v) is 7.01. The van der Waals surface area contributed by atoms with Crippen LogP contribution in [0, 0.1) is 12.3 Å². The molecule has 0 atom stereocenters. The summed E-state index contributed by atoms with van der Waals surface area (Å²) < 4.78 is 5.10. The lowest BCUT2D eigenvalue weighted by Crippen LogP contribution is -2.44. The zero-order valence-electron chi connectivity index (χ0n) is 12.3. The Morgan fingerprint density at radius 3 is 2.75 bits per heavy atom. The van der Waals surface area contributed by atoms with Gasteiger partial charge in [-0.2, -0.15) is 4.98 Å². The number of carbonyl (C=O) groups excluding carboxylic acids is 1. The fourth-order valence-corrected chi connectivity index (χ4v) is 2.58. The molecular weight excluding hydrogens is 256 g/mol. The molecule has 1 aromatic rings. The van der Waals surface area contributed by atoms with Crippen molar-refractivity contribution in [2.45, 2.75) is 33.1 Å². The molecule has 2 N–H and O–H groups in total. The molecule has 0 saturated carbocycles. The third-order valence-electron chi connectivity index (χ3n) is 3.98. The molecule has 0 unspecified atom stereocenters. The number of amides is 1. The summed E-state index contributed by atoms with van der Waals surface area (Å²) in [5.74, 6) is 0.788. The number of hydrogen-bond acceptors (Lipinski definition) is 5. The van der Waals surface area contributed by atoms with Crippen LogP contribution >= 0.6 is 0 Å². The number of rotatable bonds is 4. The Bertz CT molecular complexity index is 484. The third kappa shape index (κ3) is 3.07. The van der Waals surface area contributed by atoms with E-state index in [1.165, 1.54) is 0 Å².